The summed E-state index contributed by atoms with van der Waals surface area (Å²) >= 11 is 0. The lowest BCUT2D eigenvalue weighted by Crippen LogP contribution is -2.64. The zero-order valence-electron chi connectivity index (χ0n) is 12.7. The highest BCUT2D eigenvalue weighted by Crippen LogP contribution is 2.44. The molecule has 0 spiro atoms. The predicted octanol–water partition coefficient (Wildman–Crippen LogP) is 3.41. The van der Waals surface area contributed by atoms with Gasteiger partial charge in [0, 0.05) is 18.0 Å². The molecule has 1 heterocycles. The molecule has 1 aliphatic heterocycles. The first-order chi connectivity index (χ1) is 9.70. The number of likely N-dealkylation sites (tertiary alicyclic amines) is 1. The molecule has 1 aromatic carbocycles. The lowest BCUT2D eigenvalue weighted by Gasteiger charge is -2.56. The molecular formula is C18H27NO. The highest BCUT2D eigenvalue weighted by molar-refractivity contribution is 5.28. The second kappa shape index (κ2) is 5.87. The predicted molar refractivity (Wildman–Crippen MR) is 82.8 cm³/mol. The van der Waals surface area contributed by atoms with Crippen LogP contribution in [0.5, 0.6) is 0 Å². The molecule has 20 heavy (non-hydrogen) atoms. The van der Waals surface area contributed by atoms with Crippen molar-refractivity contribution in [3.8, 4) is 0 Å². The van der Waals surface area contributed by atoms with Gasteiger partial charge >= 0.3 is 0 Å². The molecule has 2 fully saturated rings. The summed E-state index contributed by atoms with van der Waals surface area (Å²) in [7, 11) is 2.17. The fourth-order valence-electron chi connectivity index (χ4n) is 4.32. The maximum Gasteiger partial charge on any atom is 0.0730 e. The third kappa shape index (κ3) is 2.40. The molecule has 2 aliphatic rings. The first kappa shape index (κ1) is 14.1. The normalized spacial score (nSPS) is 33.6. The van der Waals surface area contributed by atoms with Crippen molar-refractivity contribution in [3.63, 3.8) is 0 Å². The average molecular weight is 273 g/mol. The van der Waals surface area contributed by atoms with Crippen LogP contribution in [-0.2, 0) is 0 Å². The van der Waals surface area contributed by atoms with Gasteiger partial charge < -0.3 is 5.11 Å². The van der Waals surface area contributed by atoms with E-state index in [0.29, 0.717) is 23.9 Å². The van der Waals surface area contributed by atoms with Crippen LogP contribution >= 0.6 is 0 Å². The summed E-state index contributed by atoms with van der Waals surface area (Å²) in [6, 6.07) is 11.6. The zero-order valence-corrected chi connectivity index (χ0v) is 12.7. The minimum absolute atomic E-state index is 0.165. The third-order valence-corrected chi connectivity index (χ3v) is 5.67. The van der Waals surface area contributed by atoms with Gasteiger partial charge in [0.2, 0.25) is 0 Å². The Morgan fingerprint density at radius 2 is 1.75 bits per heavy atom. The molecule has 1 saturated heterocycles. The third-order valence-electron chi connectivity index (χ3n) is 5.67. The number of rotatable bonds is 3. The Labute approximate surface area is 122 Å². The molecule has 0 aromatic heterocycles. The van der Waals surface area contributed by atoms with E-state index in [9.17, 15) is 5.11 Å². The Balaban J connectivity index is 1.76. The summed E-state index contributed by atoms with van der Waals surface area (Å²) in [4.78, 5) is 2.37. The molecule has 0 amide bonds. The van der Waals surface area contributed by atoms with E-state index < -0.39 is 0 Å². The Morgan fingerprint density at radius 3 is 2.40 bits per heavy atom. The second-order valence-corrected chi connectivity index (χ2v) is 6.72. The molecule has 2 nitrogen and oxygen atoms in total. The van der Waals surface area contributed by atoms with Gasteiger partial charge in [-0.25, -0.2) is 0 Å². The monoisotopic (exact) mass is 273 g/mol. The molecule has 1 aromatic rings. The smallest absolute Gasteiger partial charge is 0.0730 e. The fraction of sp³-hybridized carbons (Fsp3) is 0.667. The van der Waals surface area contributed by atoms with Crippen molar-refractivity contribution in [3.05, 3.63) is 35.9 Å². The van der Waals surface area contributed by atoms with Crippen LogP contribution in [0.15, 0.2) is 30.3 Å². The zero-order chi connectivity index (χ0) is 14.1. The van der Waals surface area contributed by atoms with Crippen molar-refractivity contribution in [1.82, 2.24) is 4.90 Å². The summed E-state index contributed by atoms with van der Waals surface area (Å²) in [5.74, 6) is 0.994. The van der Waals surface area contributed by atoms with E-state index in [-0.39, 0.29) is 6.10 Å². The highest BCUT2D eigenvalue weighted by atomic mass is 16.3. The largest absolute Gasteiger partial charge is 0.391 e. The maximum atomic E-state index is 10.9. The Hall–Kier alpha value is -0.860. The van der Waals surface area contributed by atoms with Crippen LogP contribution in [0.25, 0.3) is 0 Å². The molecule has 0 radical (unpaired) electrons. The van der Waals surface area contributed by atoms with Gasteiger partial charge in [-0.3, -0.25) is 4.90 Å². The number of hydrogen-bond acceptors (Lipinski definition) is 2. The van der Waals surface area contributed by atoms with Crippen molar-refractivity contribution >= 4 is 0 Å². The van der Waals surface area contributed by atoms with Crippen LogP contribution < -0.4 is 0 Å². The maximum absolute atomic E-state index is 10.9. The lowest BCUT2D eigenvalue weighted by molar-refractivity contribution is -0.0849. The number of hydrogen-bond donors (Lipinski definition) is 1. The van der Waals surface area contributed by atoms with Crippen molar-refractivity contribution in [2.24, 2.45) is 5.92 Å². The van der Waals surface area contributed by atoms with Gasteiger partial charge in [0.1, 0.15) is 0 Å². The van der Waals surface area contributed by atoms with Crippen molar-refractivity contribution in [2.75, 3.05) is 7.05 Å². The van der Waals surface area contributed by atoms with Gasteiger partial charge in [0.15, 0.2) is 0 Å². The van der Waals surface area contributed by atoms with Crippen molar-refractivity contribution in [1.29, 1.82) is 0 Å². The number of benzene rings is 1. The summed E-state index contributed by atoms with van der Waals surface area (Å²) in [5, 5.41) is 10.9. The van der Waals surface area contributed by atoms with Crippen LogP contribution in [0.2, 0.25) is 0 Å². The van der Waals surface area contributed by atoms with Crippen LogP contribution in [0.1, 0.15) is 50.5 Å². The molecule has 1 N–H and O–H groups in total. The van der Waals surface area contributed by atoms with Crippen LogP contribution in [0, 0.1) is 5.92 Å². The average Bonchev–Trinajstić information content (AvgIpc) is 2.52. The molecule has 110 valence electrons. The minimum Gasteiger partial charge on any atom is -0.391 e. The summed E-state index contributed by atoms with van der Waals surface area (Å²) in [6.45, 7) is 2.28. The van der Waals surface area contributed by atoms with Gasteiger partial charge in [-0.2, -0.15) is 0 Å². The quantitative estimate of drug-likeness (QED) is 0.912. The first-order valence-corrected chi connectivity index (χ1v) is 8.15. The SMILES string of the molecule is C[C@H]1[C@H](c2ccccc2)C([C@H](O)C2CCCCC2)N1C. The van der Waals surface area contributed by atoms with Crippen LogP contribution in [0.4, 0.5) is 0 Å². The van der Waals surface area contributed by atoms with E-state index in [4.69, 9.17) is 0 Å². The molecular weight excluding hydrogens is 246 g/mol. The van der Waals surface area contributed by atoms with Gasteiger partial charge in [-0.15, -0.1) is 0 Å². The minimum atomic E-state index is -0.165. The summed E-state index contributed by atoms with van der Waals surface area (Å²) < 4.78 is 0. The highest BCUT2D eigenvalue weighted by Gasteiger charge is 2.49. The molecule has 1 saturated carbocycles. The fourth-order valence-corrected chi connectivity index (χ4v) is 4.32. The topological polar surface area (TPSA) is 23.5 Å². The van der Waals surface area contributed by atoms with E-state index >= 15 is 0 Å². The molecule has 1 aliphatic carbocycles. The van der Waals surface area contributed by atoms with Crippen molar-refractivity contribution < 1.29 is 5.11 Å². The van der Waals surface area contributed by atoms with E-state index in [1.807, 2.05) is 0 Å². The van der Waals surface area contributed by atoms with Gasteiger partial charge in [-0.1, -0.05) is 49.6 Å². The molecule has 4 atom stereocenters. The van der Waals surface area contributed by atoms with E-state index in [1.54, 1.807) is 0 Å². The van der Waals surface area contributed by atoms with E-state index in [1.165, 1.54) is 37.7 Å². The van der Waals surface area contributed by atoms with E-state index in [0.717, 1.165) is 0 Å². The Morgan fingerprint density at radius 1 is 1.10 bits per heavy atom. The first-order valence-electron chi connectivity index (χ1n) is 8.15. The standard InChI is InChI=1S/C18H27NO/c1-13-16(14-9-5-3-6-10-14)17(19(13)2)18(20)15-11-7-4-8-12-15/h3,5-6,9-10,13,15-18,20H,4,7-8,11-12H2,1-2H3/t13-,16+,17?,18+/m0/s1. The number of nitrogens with zero attached hydrogens (tertiary/aromatic N) is 1. The molecule has 1 unspecified atom stereocenters. The van der Waals surface area contributed by atoms with Crippen LogP contribution in [0.3, 0.4) is 0 Å². The summed E-state index contributed by atoms with van der Waals surface area (Å²) in [6.07, 6.45) is 6.19. The lowest BCUT2D eigenvalue weighted by atomic mass is 9.69. The number of likely N-dealkylation sites (N-methyl/N-ethyl adjacent to an activating group) is 1. The Bertz CT molecular complexity index is 426. The van der Waals surface area contributed by atoms with Crippen molar-refractivity contribution in [2.45, 2.75) is 63.1 Å². The molecule has 0 bridgehead atoms. The summed E-state index contributed by atoms with van der Waals surface area (Å²) in [5.41, 5.74) is 1.39. The molecule has 2 heteroatoms. The van der Waals surface area contributed by atoms with Gasteiger partial charge in [-0.05, 0) is 38.3 Å². The van der Waals surface area contributed by atoms with Gasteiger partial charge in [0.05, 0.1) is 6.10 Å². The van der Waals surface area contributed by atoms with Crippen LogP contribution in [-0.4, -0.2) is 35.2 Å². The van der Waals surface area contributed by atoms with Gasteiger partial charge in [0.25, 0.3) is 0 Å². The number of aliphatic hydroxyl groups is 1. The van der Waals surface area contributed by atoms with E-state index in [2.05, 4.69) is 49.2 Å². The second-order valence-electron chi connectivity index (χ2n) is 6.72. The Kier molecular flexibility index (Phi) is 4.13. The molecule has 3 rings (SSSR count). The number of aliphatic hydroxyl groups excluding tert-OH is 1.